The summed E-state index contributed by atoms with van der Waals surface area (Å²) < 4.78 is 27.5. The molecule has 0 aromatic carbocycles. The van der Waals surface area contributed by atoms with Gasteiger partial charge >= 0.3 is 0 Å². The normalized spacial score (nSPS) is 12.3. The van der Waals surface area contributed by atoms with Crippen molar-refractivity contribution in [2.45, 2.75) is 25.8 Å². The number of nitrogens with one attached hydrogen (secondary N) is 1. The first kappa shape index (κ1) is 16.7. The molecule has 1 N–H and O–H groups in total. The summed E-state index contributed by atoms with van der Waals surface area (Å²) in [6.45, 7) is 3.58. The van der Waals surface area contributed by atoms with Gasteiger partial charge in [-0.05, 0) is 26.3 Å². The highest BCUT2D eigenvalue weighted by atomic mass is 32.2. The summed E-state index contributed by atoms with van der Waals surface area (Å²) in [4.78, 5) is 16.5. The van der Waals surface area contributed by atoms with Crippen LogP contribution in [0.3, 0.4) is 0 Å². The van der Waals surface area contributed by atoms with Crippen molar-refractivity contribution in [1.82, 2.24) is 10.3 Å². The summed E-state index contributed by atoms with van der Waals surface area (Å²) in [5.41, 5.74) is 0.508. The van der Waals surface area contributed by atoms with E-state index in [2.05, 4.69) is 10.3 Å². The van der Waals surface area contributed by atoms with Crippen LogP contribution in [0.4, 0.5) is 0 Å². The number of furan rings is 1. The molecule has 6 nitrogen and oxygen atoms in total. The molecule has 8 heteroatoms. The Kier molecular flexibility index (Phi) is 4.72. The minimum absolute atomic E-state index is 0.0254. The van der Waals surface area contributed by atoms with E-state index in [1.165, 1.54) is 17.6 Å². The molecule has 0 aliphatic carbocycles. The lowest BCUT2D eigenvalue weighted by Gasteiger charge is -2.25. The molecule has 2 rings (SSSR count). The number of amides is 1. The number of aromatic nitrogens is 1. The van der Waals surface area contributed by atoms with Crippen LogP contribution in [0, 0.1) is 0 Å². The van der Waals surface area contributed by atoms with Crippen LogP contribution in [-0.4, -0.2) is 36.9 Å². The molecule has 0 atom stereocenters. The topological polar surface area (TPSA) is 89.3 Å². The molecule has 2 heterocycles. The highest BCUT2D eigenvalue weighted by molar-refractivity contribution is 7.90. The van der Waals surface area contributed by atoms with Gasteiger partial charge < -0.3 is 9.73 Å². The molecule has 0 aliphatic heterocycles. The molecule has 0 radical (unpaired) electrons. The molecule has 0 saturated heterocycles. The average molecular weight is 342 g/mol. The predicted octanol–water partition coefficient (Wildman–Crippen LogP) is 2.35. The van der Waals surface area contributed by atoms with E-state index < -0.39 is 15.4 Å². The second-order valence-electron chi connectivity index (χ2n) is 5.77. The van der Waals surface area contributed by atoms with E-state index in [0.29, 0.717) is 17.1 Å². The Morgan fingerprint density at radius 1 is 1.45 bits per heavy atom. The lowest BCUT2D eigenvalue weighted by molar-refractivity contribution is 0.0907. The van der Waals surface area contributed by atoms with Gasteiger partial charge in [-0.1, -0.05) is 0 Å². The summed E-state index contributed by atoms with van der Waals surface area (Å²) in [5, 5.41) is 5.19. The molecule has 0 saturated carbocycles. The molecule has 1 amide bonds. The lowest BCUT2D eigenvalue weighted by Crippen LogP contribution is -2.44. The monoisotopic (exact) mass is 342 g/mol. The first-order chi connectivity index (χ1) is 10.2. The maximum Gasteiger partial charge on any atom is 0.271 e. The number of sulfone groups is 1. The van der Waals surface area contributed by atoms with Gasteiger partial charge in [0.05, 0.1) is 12.0 Å². The molecule has 0 bridgehead atoms. The fourth-order valence-corrected chi connectivity index (χ4v) is 3.44. The van der Waals surface area contributed by atoms with E-state index in [4.69, 9.17) is 4.42 Å². The van der Waals surface area contributed by atoms with Gasteiger partial charge in [-0.25, -0.2) is 13.4 Å². The van der Waals surface area contributed by atoms with Gasteiger partial charge in [-0.3, -0.25) is 4.79 Å². The second-order valence-corrected chi connectivity index (χ2v) is 8.89. The highest BCUT2D eigenvalue weighted by Crippen LogP contribution is 2.24. The number of hydrogen-bond acceptors (Lipinski definition) is 6. The third kappa shape index (κ3) is 4.67. The van der Waals surface area contributed by atoms with Crippen molar-refractivity contribution in [1.29, 1.82) is 0 Å². The van der Waals surface area contributed by atoms with Crippen molar-refractivity contribution in [2.75, 3.05) is 12.0 Å². The summed E-state index contributed by atoms with van der Waals surface area (Å²) in [7, 11) is -3.06. The minimum atomic E-state index is -3.06. The summed E-state index contributed by atoms with van der Waals surface area (Å²) in [5.74, 6) is -0.290. The van der Waals surface area contributed by atoms with E-state index in [0.717, 1.165) is 5.56 Å². The van der Waals surface area contributed by atoms with Gasteiger partial charge in [0.2, 0.25) is 0 Å². The van der Waals surface area contributed by atoms with Crippen LogP contribution in [-0.2, 0) is 9.84 Å². The first-order valence-corrected chi connectivity index (χ1v) is 9.59. The Morgan fingerprint density at radius 2 is 2.18 bits per heavy atom. The van der Waals surface area contributed by atoms with Crippen LogP contribution in [0.25, 0.3) is 10.6 Å². The van der Waals surface area contributed by atoms with Crippen LogP contribution in [0.5, 0.6) is 0 Å². The van der Waals surface area contributed by atoms with E-state index in [-0.39, 0.29) is 11.7 Å². The Hall–Kier alpha value is -1.67. The Labute approximate surface area is 133 Å². The summed E-state index contributed by atoms with van der Waals surface area (Å²) >= 11 is 1.35. The van der Waals surface area contributed by atoms with E-state index in [9.17, 15) is 13.2 Å². The number of carbonyl (C=O) groups is 1. The fourth-order valence-electron chi connectivity index (χ4n) is 1.77. The summed E-state index contributed by atoms with van der Waals surface area (Å²) in [6.07, 6.45) is 4.64. The van der Waals surface area contributed by atoms with Gasteiger partial charge in [-0.2, -0.15) is 0 Å². The van der Waals surface area contributed by atoms with Crippen LogP contribution in [0.15, 0.2) is 28.4 Å². The number of nitrogens with zero attached hydrogens (tertiary/aromatic N) is 1. The third-order valence-corrected chi connectivity index (χ3v) is 4.89. The molecule has 0 unspecified atom stereocenters. The van der Waals surface area contributed by atoms with Gasteiger partial charge in [0.15, 0.2) is 0 Å². The van der Waals surface area contributed by atoms with E-state index in [1.54, 1.807) is 37.8 Å². The zero-order valence-electron chi connectivity index (χ0n) is 12.6. The predicted molar refractivity (Wildman–Crippen MR) is 85.7 cm³/mol. The molecule has 0 fully saturated rings. The van der Waals surface area contributed by atoms with E-state index in [1.807, 2.05) is 0 Å². The van der Waals surface area contributed by atoms with Crippen LogP contribution >= 0.6 is 11.3 Å². The number of rotatable bonds is 6. The quantitative estimate of drug-likeness (QED) is 0.870. The number of carbonyl (C=O) groups excluding carboxylic acids is 1. The minimum Gasteiger partial charge on any atom is -0.472 e. The summed E-state index contributed by atoms with van der Waals surface area (Å²) in [6, 6.07) is 1.77. The Morgan fingerprint density at radius 3 is 2.77 bits per heavy atom. The number of thiazole rings is 1. The zero-order valence-corrected chi connectivity index (χ0v) is 14.3. The van der Waals surface area contributed by atoms with Crippen molar-refractivity contribution < 1.29 is 17.6 Å². The SMILES string of the molecule is CC(C)(CCS(C)(=O)=O)NC(=O)c1csc(-c2ccoc2)n1. The van der Waals surface area contributed by atoms with Gasteiger partial charge in [0.25, 0.3) is 5.91 Å². The van der Waals surface area contributed by atoms with Crippen LogP contribution in [0.2, 0.25) is 0 Å². The Bertz CT molecular complexity index is 746. The lowest BCUT2D eigenvalue weighted by atomic mass is 10.0. The van der Waals surface area contributed by atoms with Gasteiger partial charge in [0, 0.05) is 22.7 Å². The largest absolute Gasteiger partial charge is 0.472 e. The Balaban J connectivity index is 2.03. The molecule has 22 heavy (non-hydrogen) atoms. The van der Waals surface area contributed by atoms with Crippen molar-refractivity contribution in [3.8, 4) is 10.6 Å². The van der Waals surface area contributed by atoms with Crippen molar-refractivity contribution >= 4 is 27.1 Å². The van der Waals surface area contributed by atoms with Crippen molar-refractivity contribution in [3.63, 3.8) is 0 Å². The van der Waals surface area contributed by atoms with E-state index >= 15 is 0 Å². The molecule has 120 valence electrons. The highest BCUT2D eigenvalue weighted by Gasteiger charge is 2.24. The zero-order chi connectivity index (χ0) is 16.4. The third-order valence-electron chi connectivity index (χ3n) is 3.05. The van der Waals surface area contributed by atoms with Gasteiger partial charge in [0.1, 0.15) is 26.8 Å². The van der Waals surface area contributed by atoms with Crippen molar-refractivity contribution in [2.24, 2.45) is 0 Å². The molecular weight excluding hydrogens is 324 g/mol. The molecule has 2 aromatic heterocycles. The molecule has 2 aromatic rings. The molecular formula is C14H18N2O4S2. The standard InChI is InChI=1S/C14H18N2O4S2/c1-14(2,5-7-22(3,18)19)16-12(17)11-9-21-13(15-11)10-4-6-20-8-10/h4,6,8-9H,5,7H2,1-3H3,(H,16,17). The fraction of sp³-hybridized carbons (Fsp3) is 0.429. The smallest absolute Gasteiger partial charge is 0.271 e. The maximum absolute atomic E-state index is 12.2. The van der Waals surface area contributed by atoms with Crippen molar-refractivity contribution in [3.05, 3.63) is 29.7 Å². The molecule has 0 aliphatic rings. The second kappa shape index (κ2) is 6.21. The molecule has 0 spiro atoms. The van der Waals surface area contributed by atoms with Crippen LogP contribution < -0.4 is 5.32 Å². The number of hydrogen-bond donors (Lipinski definition) is 1. The van der Waals surface area contributed by atoms with Gasteiger partial charge in [-0.15, -0.1) is 11.3 Å². The van der Waals surface area contributed by atoms with Crippen LogP contribution in [0.1, 0.15) is 30.8 Å². The first-order valence-electron chi connectivity index (χ1n) is 6.65. The maximum atomic E-state index is 12.2. The average Bonchev–Trinajstić information content (AvgIpc) is 3.06.